The zero-order chi connectivity index (χ0) is 28.2. The van der Waals surface area contributed by atoms with Crippen molar-refractivity contribution in [3.05, 3.63) is 144 Å². The molecule has 4 rings (SSSR count). The van der Waals surface area contributed by atoms with Gasteiger partial charge in [0.15, 0.2) is 0 Å². The number of carbonyl (C=O) groups is 3. The van der Waals surface area contributed by atoms with Gasteiger partial charge in [0.2, 0.25) is 5.91 Å². The van der Waals surface area contributed by atoms with Crippen molar-refractivity contribution in [1.29, 1.82) is 0 Å². The Morgan fingerprint density at radius 1 is 0.650 bits per heavy atom. The summed E-state index contributed by atoms with van der Waals surface area (Å²) in [4.78, 5) is 39.7. The number of amides is 2. The van der Waals surface area contributed by atoms with Crippen LogP contribution in [-0.4, -0.2) is 37.2 Å². The smallest absolute Gasteiger partial charge is 0.408 e. The molecule has 40 heavy (non-hydrogen) atoms. The maximum atomic E-state index is 13.8. The van der Waals surface area contributed by atoms with Crippen LogP contribution in [0.1, 0.15) is 28.2 Å². The van der Waals surface area contributed by atoms with E-state index in [-0.39, 0.29) is 13.0 Å². The Labute approximate surface area is 234 Å². The number of alkyl carbamates (subject to hydrolysis) is 1. The summed E-state index contributed by atoms with van der Waals surface area (Å²) in [6, 6.07) is 35.4. The van der Waals surface area contributed by atoms with Gasteiger partial charge in [-0.05, 0) is 22.3 Å². The SMILES string of the molecule is COC(=O)[C@H](NC(=O)[C@@H](Cc1ccccc1)NC(=O)OCc1ccccc1)C(c1ccccc1)c1ccccc1. The van der Waals surface area contributed by atoms with Crippen molar-refractivity contribution < 1.29 is 23.9 Å². The van der Waals surface area contributed by atoms with Crippen molar-refractivity contribution in [2.24, 2.45) is 0 Å². The first-order chi connectivity index (χ1) is 19.5. The zero-order valence-electron chi connectivity index (χ0n) is 22.2. The van der Waals surface area contributed by atoms with E-state index < -0.39 is 36.0 Å². The van der Waals surface area contributed by atoms with Gasteiger partial charge in [-0.3, -0.25) is 4.79 Å². The van der Waals surface area contributed by atoms with E-state index in [1.54, 1.807) is 0 Å². The second kappa shape index (κ2) is 14.3. The molecule has 7 heteroatoms. The van der Waals surface area contributed by atoms with Crippen LogP contribution in [-0.2, 0) is 32.1 Å². The van der Waals surface area contributed by atoms with Gasteiger partial charge in [-0.25, -0.2) is 9.59 Å². The predicted molar refractivity (Wildman–Crippen MR) is 152 cm³/mol. The Balaban J connectivity index is 1.59. The molecule has 2 amide bonds. The standard InChI is InChI=1S/C33H32N2O5/c1-39-32(37)30(29(26-18-10-4-11-19-26)27-20-12-5-13-21-27)35-31(36)28(22-24-14-6-2-7-15-24)34-33(38)40-23-25-16-8-3-9-17-25/h2-21,28-30H,22-23H2,1H3,(H,34,38)(H,35,36)/t28-,30-/m1/s1. The molecule has 4 aromatic carbocycles. The Bertz CT molecular complexity index is 1330. The van der Waals surface area contributed by atoms with Crippen molar-refractivity contribution in [2.45, 2.75) is 31.0 Å². The minimum atomic E-state index is -1.05. The fourth-order valence-electron chi connectivity index (χ4n) is 4.52. The topological polar surface area (TPSA) is 93.7 Å². The van der Waals surface area contributed by atoms with E-state index in [0.717, 1.165) is 22.3 Å². The molecule has 0 aromatic heterocycles. The first kappa shape index (κ1) is 28.1. The van der Waals surface area contributed by atoms with Gasteiger partial charge in [0.25, 0.3) is 0 Å². The minimum absolute atomic E-state index is 0.0568. The van der Waals surface area contributed by atoms with Gasteiger partial charge in [-0.2, -0.15) is 0 Å². The second-order valence-corrected chi connectivity index (χ2v) is 9.26. The van der Waals surface area contributed by atoms with Gasteiger partial charge >= 0.3 is 12.1 Å². The summed E-state index contributed by atoms with van der Waals surface area (Å²) in [6.07, 6.45) is -0.542. The van der Waals surface area contributed by atoms with Crippen molar-refractivity contribution >= 4 is 18.0 Å². The van der Waals surface area contributed by atoms with Gasteiger partial charge in [0.05, 0.1) is 7.11 Å². The highest BCUT2D eigenvalue weighted by molar-refractivity contribution is 5.90. The van der Waals surface area contributed by atoms with Gasteiger partial charge in [-0.1, -0.05) is 121 Å². The van der Waals surface area contributed by atoms with E-state index in [1.165, 1.54) is 7.11 Å². The molecule has 0 aliphatic carbocycles. The monoisotopic (exact) mass is 536 g/mol. The number of hydrogen-bond donors (Lipinski definition) is 2. The molecule has 4 aromatic rings. The number of ether oxygens (including phenoxy) is 2. The lowest BCUT2D eigenvalue weighted by Gasteiger charge is -2.29. The molecule has 204 valence electrons. The number of nitrogens with one attached hydrogen (secondary N) is 2. The largest absolute Gasteiger partial charge is 0.467 e. The molecule has 0 bridgehead atoms. The van der Waals surface area contributed by atoms with Crippen LogP contribution in [0.3, 0.4) is 0 Å². The maximum Gasteiger partial charge on any atom is 0.408 e. The third kappa shape index (κ3) is 7.80. The summed E-state index contributed by atoms with van der Waals surface area (Å²) in [5.74, 6) is -1.66. The highest BCUT2D eigenvalue weighted by atomic mass is 16.5. The molecule has 0 saturated carbocycles. The Morgan fingerprint density at radius 2 is 1.12 bits per heavy atom. The van der Waals surface area contributed by atoms with Crippen molar-refractivity contribution in [1.82, 2.24) is 10.6 Å². The van der Waals surface area contributed by atoms with E-state index in [4.69, 9.17) is 9.47 Å². The van der Waals surface area contributed by atoms with Crippen LogP contribution in [0.25, 0.3) is 0 Å². The van der Waals surface area contributed by atoms with Crippen molar-refractivity contribution in [3.63, 3.8) is 0 Å². The van der Waals surface area contributed by atoms with Crippen molar-refractivity contribution in [3.8, 4) is 0 Å². The highest BCUT2D eigenvalue weighted by Crippen LogP contribution is 2.29. The van der Waals surface area contributed by atoms with E-state index in [0.29, 0.717) is 0 Å². The van der Waals surface area contributed by atoms with Crippen LogP contribution >= 0.6 is 0 Å². The van der Waals surface area contributed by atoms with Gasteiger partial charge in [0, 0.05) is 12.3 Å². The first-order valence-electron chi connectivity index (χ1n) is 13.0. The Kier molecular flexibility index (Phi) is 10.0. The summed E-state index contributed by atoms with van der Waals surface area (Å²) in [7, 11) is 1.29. The predicted octanol–water partition coefficient (Wildman–Crippen LogP) is 5.01. The summed E-state index contributed by atoms with van der Waals surface area (Å²) < 4.78 is 10.5. The highest BCUT2D eigenvalue weighted by Gasteiger charge is 2.35. The van der Waals surface area contributed by atoms with E-state index >= 15 is 0 Å². The van der Waals surface area contributed by atoms with Crippen LogP contribution in [0, 0.1) is 0 Å². The molecular formula is C33H32N2O5. The number of esters is 1. The van der Waals surface area contributed by atoms with Gasteiger partial charge < -0.3 is 20.1 Å². The van der Waals surface area contributed by atoms with Crippen LogP contribution in [0.2, 0.25) is 0 Å². The molecule has 7 nitrogen and oxygen atoms in total. The van der Waals surface area contributed by atoms with Crippen LogP contribution in [0.5, 0.6) is 0 Å². The molecular weight excluding hydrogens is 504 g/mol. The third-order valence-electron chi connectivity index (χ3n) is 6.51. The third-order valence-corrected chi connectivity index (χ3v) is 6.51. The Hall–Kier alpha value is -4.91. The first-order valence-corrected chi connectivity index (χ1v) is 13.0. The molecule has 2 N–H and O–H groups in total. The maximum absolute atomic E-state index is 13.8. The molecule has 2 atom stereocenters. The zero-order valence-corrected chi connectivity index (χ0v) is 22.2. The van der Waals surface area contributed by atoms with Crippen LogP contribution < -0.4 is 10.6 Å². The van der Waals surface area contributed by atoms with E-state index in [9.17, 15) is 14.4 Å². The average molecular weight is 537 g/mol. The number of rotatable bonds is 11. The van der Waals surface area contributed by atoms with Crippen LogP contribution in [0.15, 0.2) is 121 Å². The normalized spacial score (nSPS) is 12.2. The van der Waals surface area contributed by atoms with Gasteiger partial charge in [-0.15, -0.1) is 0 Å². The molecule has 0 aliphatic rings. The number of hydrogen-bond acceptors (Lipinski definition) is 5. The summed E-state index contributed by atoms with van der Waals surface area (Å²) in [5.41, 5.74) is 3.32. The van der Waals surface area contributed by atoms with E-state index in [2.05, 4.69) is 10.6 Å². The summed E-state index contributed by atoms with van der Waals surface area (Å²) >= 11 is 0. The summed E-state index contributed by atoms with van der Waals surface area (Å²) in [5, 5.41) is 5.57. The fourth-order valence-corrected chi connectivity index (χ4v) is 4.52. The molecule has 0 aliphatic heterocycles. The van der Waals surface area contributed by atoms with Crippen molar-refractivity contribution in [2.75, 3.05) is 7.11 Å². The molecule has 0 unspecified atom stereocenters. The molecule has 0 fully saturated rings. The summed E-state index contributed by atoms with van der Waals surface area (Å²) in [6.45, 7) is 0.0568. The van der Waals surface area contributed by atoms with Crippen LogP contribution in [0.4, 0.5) is 4.79 Å². The fraction of sp³-hybridized carbons (Fsp3) is 0.182. The van der Waals surface area contributed by atoms with E-state index in [1.807, 2.05) is 121 Å². The Morgan fingerprint density at radius 3 is 1.62 bits per heavy atom. The second-order valence-electron chi connectivity index (χ2n) is 9.26. The average Bonchev–Trinajstić information content (AvgIpc) is 3.01. The molecule has 0 heterocycles. The van der Waals surface area contributed by atoms with Gasteiger partial charge in [0.1, 0.15) is 18.7 Å². The molecule has 0 saturated heterocycles. The lowest BCUT2D eigenvalue weighted by atomic mass is 9.84. The quantitative estimate of drug-likeness (QED) is 0.263. The number of methoxy groups -OCH3 is 1. The molecule has 0 radical (unpaired) electrons. The minimum Gasteiger partial charge on any atom is -0.467 e. The lowest BCUT2D eigenvalue weighted by Crippen LogP contribution is -2.54. The number of carbonyl (C=O) groups excluding carboxylic acids is 3. The number of benzene rings is 4. The lowest BCUT2D eigenvalue weighted by molar-refractivity contribution is -0.145. The molecule has 0 spiro atoms.